The lowest BCUT2D eigenvalue weighted by molar-refractivity contribution is -0.266. The normalized spacial score (nSPS) is 14.6. The van der Waals surface area contributed by atoms with E-state index in [4.69, 9.17) is 4.74 Å². The summed E-state index contributed by atoms with van der Waals surface area (Å²) in [5, 5.41) is 11.5. The van der Waals surface area contributed by atoms with Crippen LogP contribution in [0.1, 0.15) is 31.4 Å². The van der Waals surface area contributed by atoms with Crippen molar-refractivity contribution >= 4 is 10.9 Å². The second-order valence-corrected chi connectivity index (χ2v) is 7.99. The van der Waals surface area contributed by atoms with E-state index < -0.39 is 30.0 Å². The predicted molar refractivity (Wildman–Crippen MR) is 107 cm³/mol. The zero-order valence-electron chi connectivity index (χ0n) is 16.6. The maximum absolute atomic E-state index is 14.1. The number of aliphatic hydroxyl groups is 1. The van der Waals surface area contributed by atoms with Gasteiger partial charge >= 0.3 is 6.18 Å². The molecule has 154 valence electrons. The molecule has 6 heteroatoms. The number of ether oxygens (including phenoxy) is 1. The fourth-order valence-electron chi connectivity index (χ4n) is 3.76. The van der Waals surface area contributed by atoms with Gasteiger partial charge in [-0.05, 0) is 47.2 Å². The molecule has 3 aromatic rings. The minimum absolute atomic E-state index is 0.414. The van der Waals surface area contributed by atoms with Crippen molar-refractivity contribution in [3.63, 3.8) is 0 Å². The molecule has 0 aliphatic heterocycles. The van der Waals surface area contributed by atoms with Gasteiger partial charge in [-0.3, -0.25) is 4.98 Å². The number of benzene rings is 2. The molecule has 0 saturated heterocycles. The molecule has 3 rings (SSSR count). The van der Waals surface area contributed by atoms with Crippen molar-refractivity contribution in [2.45, 2.75) is 43.9 Å². The maximum atomic E-state index is 14.1. The van der Waals surface area contributed by atoms with Crippen LogP contribution >= 0.6 is 0 Å². The highest BCUT2D eigenvalue weighted by atomic mass is 19.4. The van der Waals surface area contributed by atoms with Crippen LogP contribution in [-0.2, 0) is 11.8 Å². The van der Waals surface area contributed by atoms with Crippen LogP contribution in [0.25, 0.3) is 10.9 Å². The number of pyridine rings is 1. The monoisotopic (exact) mass is 403 g/mol. The Balaban J connectivity index is 2.00. The quantitative estimate of drug-likeness (QED) is 0.595. The summed E-state index contributed by atoms with van der Waals surface area (Å²) in [6.45, 7) is 3.40. The van der Waals surface area contributed by atoms with Gasteiger partial charge < -0.3 is 9.84 Å². The zero-order valence-corrected chi connectivity index (χ0v) is 16.6. The van der Waals surface area contributed by atoms with Crippen molar-refractivity contribution in [1.29, 1.82) is 0 Å². The molecule has 0 fully saturated rings. The van der Waals surface area contributed by atoms with E-state index in [0.29, 0.717) is 27.8 Å². The number of hydrogen-bond donors (Lipinski definition) is 1. The van der Waals surface area contributed by atoms with Gasteiger partial charge in [0.2, 0.25) is 0 Å². The van der Waals surface area contributed by atoms with E-state index in [9.17, 15) is 18.3 Å². The van der Waals surface area contributed by atoms with Crippen LogP contribution in [0, 0.1) is 0 Å². The van der Waals surface area contributed by atoms with E-state index in [0.717, 1.165) is 0 Å². The molecule has 0 saturated carbocycles. The Kier molecular flexibility index (Phi) is 5.59. The Labute approximate surface area is 168 Å². The average molecular weight is 403 g/mol. The van der Waals surface area contributed by atoms with Gasteiger partial charge in [0.25, 0.3) is 0 Å². The van der Waals surface area contributed by atoms with E-state index in [1.807, 2.05) is 0 Å². The van der Waals surface area contributed by atoms with Crippen molar-refractivity contribution in [3.05, 3.63) is 71.9 Å². The SMILES string of the molecule is COc1cccc(C(C)(C)CC(O)(Cc2ccnc3ccccc23)C(F)(F)F)c1. The van der Waals surface area contributed by atoms with Crippen LogP contribution in [0.4, 0.5) is 13.2 Å². The minimum Gasteiger partial charge on any atom is -0.497 e. The van der Waals surface area contributed by atoms with Crippen LogP contribution in [-0.4, -0.2) is 29.0 Å². The molecule has 1 aromatic heterocycles. The van der Waals surface area contributed by atoms with Crippen LogP contribution < -0.4 is 4.74 Å². The molecule has 3 nitrogen and oxygen atoms in total. The number of rotatable bonds is 6. The second kappa shape index (κ2) is 7.67. The summed E-state index contributed by atoms with van der Waals surface area (Å²) < 4.78 is 47.5. The van der Waals surface area contributed by atoms with E-state index in [-0.39, 0.29) is 0 Å². The molecule has 0 spiro atoms. The zero-order chi connectivity index (χ0) is 21.3. The van der Waals surface area contributed by atoms with Gasteiger partial charge in [-0.2, -0.15) is 13.2 Å². The van der Waals surface area contributed by atoms with Gasteiger partial charge in [0.1, 0.15) is 5.75 Å². The maximum Gasteiger partial charge on any atom is 0.417 e. The fraction of sp³-hybridized carbons (Fsp3) is 0.348. The van der Waals surface area contributed by atoms with Gasteiger partial charge in [0.05, 0.1) is 12.6 Å². The summed E-state index contributed by atoms with van der Waals surface area (Å²) >= 11 is 0. The lowest BCUT2D eigenvalue weighted by Gasteiger charge is -2.38. The lowest BCUT2D eigenvalue weighted by atomic mass is 9.73. The average Bonchev–Trinajstić information content (AvgIpc) is 2.67. The Bertz CT molecular complexity index is 995. The van der Waals surface area contributed by atoms with E-state index >= 15 is 0 Å². The molecular formula is C23H24F3NO2. The molecule has 1 heterocycles. The number of halogens is 3. The van der Waals surface area contributed by atoms with Crippen molar-refractivity contribution in [1.82, 2.24) is 4.98 Å². The number of hydrogen-bond acceptors (Lipinski definition) is 3. The Morgan fingerprint density at radius 2 is 1.72 bits per heavy atom. The van der Waals surface area contributed by atoms with Crippen molar-refractivity contribution in [2.24, 2.45) is 0 Å². The molecule has 1 unspecified atom stereocenters. The first-order chi connectivity index (χ1) is 13.6. The first-order valence-electron chi connectivity index (χ1n) is 9.32. The van der Waals surface area contributed by atoms with Gasteiger partial charge in [0, 0.05) is 18.0 Å². The Hall–Kier alpha value is -2.60. The summed E-state index contributed by atoms with van der Waals surface area (Å²) in [5.41, 5.74) is -2.16. The third kappa shape index (κ3) is 4.37. The van der Waals surface area contributed by atoms with E-state index in [1.165, 1.54) is 19.4 Å². The first-order valence-corrected chi connectivity index (χ1v) is 9.32. The van der Waals surface area contributed by atoms with Crippen LogP contribution in [0.2, 0.25) is 0 Å². The summed E-state index contributed by atoms with van der Waals surface area (Å²) in [5.74, 6) is 0.561. The highest BCUT2D eigenvalue weighted by Crippen LogP contribution is 2.44. The summed E-state index contributed by atoms with van der Waals surface area (Å²) in [6.07, 6.45) is -4.37. The number of nitrogens with zero attached hydrogens (tertiary/aromatic N) is 1. The smallest absolute Gasteiger partial charge is 0.417 e. The topological polar surface area (TPSA) is 42.4 Å². The number of para-hydroxylation sites is 1. The standard InChI is InChI=1S/C23H24F3NO2/c1-21(2,17-7-6-8-18(13-17)29-3)15-22(28,23(24,25)26)14-16-11-12-27-20-10-5-4-9-19(16)20/h4-13,28H,14-15H2,1-3H3. The molecule has 2 aromatic carbocycles. The number of alkyl halides is 3. The van der Waals surface area contributed by atoms with E-state index in [2.05, 4.69) is 4.98 Å². The fourth-order valence-corrected chi connectivity index (χ4v) is 3.76. The molecule has 1 N–H and O–H groups in total. The van der Waals surface area contributed by atoms with E-state index in [1.54, 1.807) is 62.4 Å². The van der Waals surface area contributed by atoms with Crippen molar-refractivity contribution < 1.29 is 23.0 Å². The predicted octanol–water partition coefficient (Wildman–Crippen LogP) is 5.45. The Morgan fingerprint density at radius 1 is 1.00 bits per heavy atom. The third-order valence-electron chi connectivity index (χ3n) is 5.34. The van der Waals surface area contributed by atoms with Gasteiger partial charge in [-0.1, -0.05) is 44.2 Å². The van der Waals surface area contributed by atoms with Crippen LogP contribution in [0.5, 0.6) is 5.75 Å². The first kappa shape index (κ1) is 21.1. The molecule has 0 radical (unpaired) electrons. The number of aromatic nitrogens is 1. The minimum atomic E-state index is -4.80. The molecule has 0 bridgehead atoms. The summed E-state index contributed by atoms with van der Waals surface area (Å²) in [6, 6.07) is 15.5. The van der Waals surface area contributed by atoms with Gasteiger partial charge in [0.15, 0.2) is 5.60 Å². The Morgan fingerprint density at radius 3 is 2.41 bits per heavy atom. The van der Waals surface area contributed by atoms with Gasteiger partial charge in [-0.15, -0.1) is 0 Å². The van der Waals surface area contributed by atoms with Crippen LogP contribution in [0.15, 0.2) is 60.8 Å². The largest absolute Gasteiger partial charge is 0.497 e. The van der Waals surface area contributed by atoms with Crippen molar-refractivity contribution in [2.75, 3.05) is 7.11 Å². The molecular weight excluding hydrogens is 379 g/mol. The molecule has 0 amide bonds. The van der Waals surface area contributed by atoms with Gasteiger partial charge in [-0.25, -0.2) is 0 Å². The highest BCUT2D eigenvalue weighted by molar-refractivity contribution is 5.81. The molecule has 0 aliphatic carbocycles. The highest BCUT2D eigenvalue weighted by Gasteiger charge is 2.55. The summed E-state index contributed by atoms with van der Waals surface area (Å²) in [4.78, 5) is 4.20. The molecule has 1 atom stereocenters. The van der Waals surface area contributed by atoms with Crippen LogP contribution in [0.3, 0.4) is 0 Å². The summed E-state index contributed by atoms with van der Waals surface area (Å²) in [7, 11) is 1.51. The third-order valence-corrected chi connectivity index (χ3v) is 5.34. The molecule has 29 heavy (non-hydrogen) atoms. The number of fused-ring (bicyclic) bond motifs is 1. The number of methoxy groups -OCH3 is 1. The lowest BCUT2D eigenvalue weighted by Crippen LogP contribution is -2.50. The molecule has 0 aliphatic rings. The van der Waals surface area contributed by atoms with Crippen molar-refractivity contribution in [3.8, 4) is 5.75 Å². The second-order valence-electron chi connectivity index (χ2n) is 7.99.